The van der Waals surface area contributed by atoms with Crippen molar-refractivity contribution in [1.82, 2.24) is 14.9 Å². The van der Waals surface area contributed by atoms with Gasteiger partial charge in [0, 0.05) is 36.1 Å². The number of nitrogen functional groups attached to an aromatic ring is 1. The number of piperazine rings is 1. The lowest BCUT2D eigenvalue weighted by atomic mass is 9.98. The van der Waals surface area contributed by atoms with Gasteiger partial charge in [0.2, 0.25) is 12.5 Å². The number of benzene rings is 2. The Morgan fingerprint density at radius 3 is 2.85 bits per heavy atom. The third-order valence-corrected chi connectivity index (χ3v) is 7.97. The number of fused-ring (bicyclic) bond motifs is 2. The number of hydrogen-bond donors (Lipinski definition) is 1. The maximum absolute atomic E-state index is 16.3. The molecule has 1 fully saturated rings. The summed E-state index contributed by atoms with van der Waals surface area (Å²) in [6.07, 6.45) is 1.21. The number of anilines is 2. The van der Waals surface area contributed by atoms with Crippen LogP contribution in [0.15, 0.2) is 30.9 Å². The van der Waals surface area contributed by atoms with Gasteiger partial charge in [0.25, 0.3) is 0 Å². The molecule has 0 spiro atoms. The minimum absolute atomic E-state index is 0.00527. The second-order valence-electron chi connectivity index (χ2n) is 8.98. The van der Waals surface area contributed by atoms with E-state index in [9.17, 15) is 14.4 Å². The number of nitriles is 1. The average Bonchev–Trinajstić information content (AvgIpc) is 3.32. The second-order valence-corrected chi connectivity index (χ2v) is 10.4. The summed E-state index contributed by atoms with van der Waals surface area (Å²) in [6, 6.07) is 5.86. The van der Waals surface area contributed by atoms with Gasteiger partial charge in [-0.1, -0.05) is 29.5 Å². The van der Waals surface area contributed by atoms with E-state index in [0.717, 1.165) is 11.3 Å². The van der Waals surface area contributed by atoms with Crippen LogP contribution >= 0.6 is 22.9 Å². The van der Waals surface area contributed by atoms with E-state index in [-0.39, 0.29) is 68.1 Å². The predicted molar refractivity (Wildman–Crippen MR) is 149 cm³/mol. The fourth-order valence-electron chi connectivity index (χ4n) is 5.06. The van der Waals surface area contributed by atoms with Gasteiger partial charge in [0.05, 0.1) is 32.2 Å². The lowest BCUT2D eigenvalue weighted by Gasteiger charge is -2.40. The summed E-state index contributed by atoms with van der Waals surface area (Å²) in [5.41, 5.74) is 7.22. The van der Waals surface area contributed by atoms with Crippen molar-refractivity contribution < 1.29 is 13.6 Å². The van der Waals surface area contributed by atoms with Gasteiger partial charge >= 0.3 is 0 Å². The van der Waals surface area contributed by atoms with Crippen molar-refractivity contribution in [1.29, 1.82) is 5.26 Å². The van der Waals surface area contributed by atoms with Gasteiger partial charge in [0.15, 0.2) is 10.9 Å². The SMILES string of the molecule is [C-]#[N+]C[C@H]1CN(c2c(C#N)c(C)nc3c(F)c(-c4ccc(F)c5sc(N)nc45)c(Cl)cc23)CCN1C(=O)C=C. The number of nitrogens with zero attached hydrogens (tertiary/aromatic N) is 6. The average molecular weight is 564 g/mol. The summed E-state index contributed by atoms with van der Waals surface area (Å²) in [4.78, 5) is 27.9. The maximum atomic E-state index is 16.3. The largest absolute Gasteiger partial charge is 0.375 e. The third kappa shape index (κ3) is 4.30. The highest BCUT2D eigenvalue weighted by atomic mass is 35.5. The molecule has 1 atom stereocenters. The molecule has 0 bridgehead atoms. The summed E-state index contributed by atoms with van der Waals surface area (Å²) in [6.45, 7) is 13.4. The monoisotopic (exact) mass is 563 g/mol. The van der Waals surface area contributed by atoms with E-state index in [1.165, 1.54) is 24.3 Å². The number of thiazole rings is 1. The Morgan fingerprint density at radius 2 is 2.15 bits per heavy atom. The lowest BCUT2D eigenvalue weighted by molar-refractivity contribution is -0.128. The Bertz CT molecular complexity index is 1770. The molecule has 0 unspecified atom stereocenters. The first-order valence-corrected chi connectivity index (χ1v) is 13.0. The van der Waals surface area contributed by atoms with E-state index in [0.29, 0.717) is 23.3 Å². The van der Waals surface area contributed by atoms with Crippen LogP contribution in [0.5, 0.6) is 0 Å². The number of rotatable bonds is 4. The minimum atomic E-state index is -0.746. The molecule has 0 saturated carbocycles. The van der Waals surface area contributed by atoms with Crippen molar-refractivity contribution in [3.8, 4) is 17.2 Å². The molecule has 4 aromatic rings. The van der Waals surface area contributed by atoms with Crippen LogP contribution in [0.1, 0.15) is 11.3 Å². The van der Waals surface area contributed by atoms with Crippen LogP contribution in [-0.4, -0.2) is 53.0 Å². The van der Waals surface area contributed by atoms with Crippen LogP contribution in [0.4, 0.5) is 19.6 Å². The number of hydrogen-bond acceptors (Lipinski definition) is 7. The van der Waals surface area contributed by atoms with Crippen molar-refractivity contribution in [2.24, 2.45) is 0 Å². The van der Waals surface area contributed by atoms with E-state index >= 15 is 4.39 Å². The van der Waals surface area contributed by atoms with Crippen molar-refractivity contribution in [3.05, 3.63) is 70.2 Å². The number of pyridine rings is 1. The molecule has 3 heterocycles. The minimum Gasteiger partial charge on any atom is -0.375 e. The zero-order valence-corrected chi connectivity index (χ0v) is 22.2. The molecule has 1 aliphatic rings. The number of aromatic nitrogens is 2. The molecule has 0 aliphatic carbocycles. The summed E-state index contributed by atoms with van der Waals surface area (Å²) in [5, 5.41) is 10.5. The fourth-order valence-corrected chi connectivity index (χ4v) is 6.12. The molecule has 0 radical (unpaired) electrons. The van der Waals surface area contributed by atoms with Gasteiger partial charge in [-0.15, -0.1) is 0 Å². The van der Waals surface area contributed by atoms with Crippen molar-refractivity contribution >= 4 is 60.8 Å². The molecule has 12 heteroatoms. The first-order chi connectivity index (χ1) is 18.7. The van der Waals surface area contributed by atoms with Gasteiger partial charge in [-0.3, -0.25) is 4.79 Å². The smallest absolute Gasteiger partial charge is 0.246 e. The van der Waals surface area contributed by atoms with E-state index in [2.05, 4.69) is 27.5 Å². The Morgan fingerprint density at radius 1 is 1.38 bits per heavy atom. The molecule has 5 rings (SSSR count). The van der Waals surface area contributed by atoms with Crippen LogP contribution < -0.4 is 10.6 Å². The van der Waals surface area contributed by atoms with Crippen LogP contribution in [0.2, 0.25) is 5.02 Å². The van der Waals surface area contributed by atoms with Crippen molar-refractivity contribution in [2.45, 2.75) is 13.0 Å². The van der Waals surface area contributed by atoms with Gasteiger partial charge in [0.1, 0.15) is 23.4 Å². The van der Waals surface area contributed by atoms with E-state index in [1.54, 1.807) is 11.8 Å². The molecule has 2 aromatic carbocycles. The Kier molecular flexibility index (Phi) is 6.81. The molecule has 2 aromatic heterocycles. The molecule has 1 saturated heterocycles. The zero-order valence-electron chi connectivity index (χ0n) is 20.6. The Labute approximate surface area is 231 Å². The van der Waals surface area contributed by atoms with Crippen LogP contribution in [0.25, 0.3) is 37.1 Å². The molecule has 1 aliphatic heterocycles. The van der Waals surface area contributed by atoms with E-state index < -0.39 is 17.7 Å². The lowest BCUT2D eigenvalue weighted by Crippen LogP contribution is -2.56. The molecule has 2 N–H and O–H groups in total. The summed E-state index contributed by atoms with van der Waals surface area (Å²) < 4.78 is 30.9. The highest BCUT2D eigenvalue weighted by Gasteiger charge is 2.34. The molecule has 39 heavy (non-hydrogen) atoms. The van der Waals surface area contributed by atoms with Gasteiger partial charge < -0.3 is 20.4 Å². The normalized spacial score (nSPS) is 15.4. The molecular weight excluding hydrogens is 544 g/mol. The highest BCUT2D eigenvalue weighted by Crippen LogP contribution is 2.43. The second kappa shape index (κ2) is 10.1. The fraction of sp³-hybridized carbons (Fsp3) is 0.222. The maximum Gasteiger partial charge on any atom is 0.246 e. The van der Waals surface area contributed by atoms with Crippen molar-refractivity contribution in [2.75, 3.05) is 36.8 Å². The van der Waals surface area contributed by atoms with Crippen LogP contribution in [0, 0.1) is 36.5 Å². The van der Waals surface area contributed by atoms with Crippen molar-refractivity contribution in [3.63, 3.8) is 0 Å². The van der Waals surface area contributed by atoms with Crippen LogP contribution in [-0.2, 0) is 4.79 Å². The van der Waals surface area contributed by atoms with Gasteiger partial charge in [-0.2, -0.15) is 5.26 Å². The number of carbonyl (C=O) groups is 1. The highest BCUT2D eigenvalue weighted by molar-refractivity contribution is 7.22. The number of halogens is 3. The quantitative estimate of drug-likeness (QED) is 0.266. The Hall–Kier alpha value is -4.32. The topological polar surface area (TPSA) is 104 Å². The zero-order chi connectivity index (χ0) is 28.0. The standard InChI is InChI=1S/C27H20ClF2N7OS/c1-4-20(38)37-8-7-36(12-14(37)11-33-3)25-16-9-18(28)21(22(30)23(16)34-13(2)17(25)10-31)15-5-6-19(29)26-24(15)35-27(32)39-26/h4-6,9,14H,1,7-8,11-12H2,2H3,(H2,32,35)/t14-/m0/s1. The third-order valence-electron chi connectivity index (χ3n) is 6.78. The number of amides is 1. The first kappa shape index (κ1) is 26.3. The number of carbonyl (C=O) groups excluding carboxylic acids is 1. The van der Waals surface area contributed by atoms with Gasteiger partial charge in [-0.25, -0.2) is 25.3 Å². The molecule has 8 nitrogen and oxygen atoms in total. The Balaban J connectivity index is 1.72. The molecule has 196 valence electrons. The first-order valence-electron chi connectivity index (χ1n) is 11.8. The summed E-state index contributed by atoms with van der Waals surface area (Å²) in [5.74, 6) is -1.56. The number of nitrogens with two attached hydrogens (primary N) is 1. The predicted octanol–water partition coefficient (Wildman–Crippen LogP) is 5.33. The van der Waals surface area contributed by atoms with Gasteiger partial charge in [-0.05, 0) is 31.2 Å². The summed E-state index contributed by atoms with van der Waals surface area (Å²) >= 11 is 7.63. The molecule has 1 amide bonds. The summed E-state index contributed by atoms with van der Waals surface area (Å²) in [7, 11) is 0. The van der Waals surface area contributed by atoms with Crippen LogP contribution in [0.3, 0.4) is 0 Å². The number of aryl methyl sites for hydroxylation is 1. The van der Waals surface area contributed by atoms with E-state index in [4.69, 9.17) is 23.9 Å². The van der Waals surface area contributed by atoms with E-state index in [1.807, 2.05) is 4.90 Å². The molecular formula is C27H20ClF2N7OS.